The Morgan fingerprint density at radius 1 is 1.09 bits per heavy atom. The predicted octanol–water partition coefficient (Wildman–Crippen LogP) is 2.66. The van der Waals surface area contributed by atoms with Crippen LogP contribution in [0.4, 0.5) is 0 Å². The third-order valence-corrected chi connectivity index (χ3v) is 10.8. The van der Waals surface area contributed by atoms with Gasteiger partial charge in [0.1, 0.15) is 5.60 Å². The van der Waals surface area contributed by atoms with Gasteiger partial charge in [-0.2, -0.15) is 0 Å². The maximum absolute atomic E-state index is 13.4. The number of carbonyl (C=O) groups is 4. The van der Waals surface area contributed by atoms with E-state index in [9.17, 15) is 39.6 Å². The van der Waals surface area contributed by atoms with Crippen molar-refractivity contribution in [3.63, 3.8) is 0 Å². The van der Waals surface area contributed by atoms with E-state index in [0.717, 1.165) is 24.0 Å². The summed E-state index contributed by atoms with van der Waals surface area (Å²) >= 11 is 0. The zero-order valence-electron chi connectivity index (χ0n) is 24.7. The quantitative estimate of drug-likeness (QED) is 0.213. The van der Waals surface area contributed by atoms with Crippen LogP contribution in [0.5, 0.6) is 11.5 Å². The van der Waals surface area contributed by atoms with Gasteiger partial charge in [0.05, 0.1) is 12.5 Å². The highest BCUT2D eigenvalue weighted by Gasteiger charge is 2.68. The smallest absolute Gasteiger partial charge is 0.306 e. The van der Waals surface area contributed by atoms with Crippen molar-refractivity contribution in [3.8, 4) is 11.5 Å². The van der Waals surface area contributed by atoms with Crippen LogP contribution in [0.1, 0.15) is 64.4 Å². The molecule has 0 bridgehead atoms. The number of aliphatic hydroxyl groups excluding tert-OH is 1. The largest absolute Gasteiger partial charge is 0.504 e. The van der Waals surface area contributed by atoms with Crippen LogP contribution >= 0.6 is 0 Å². The number of carbonyl (C=O) groups excluding carboxylic acids is 4. The molecule has 0 aromatic heterocycles. The molecule has 43 heavy (non-hydrogen) atoms. The fourth-order valence-electron chi connectivity index (χ4n) is 8.50. The molecule has 10 heteroatoms. The molecule has 3 saturated carbocycles. The highest BCUT2D eigenvalue weighted by molar-refractivity contribution is 6.01. The molecule has 0 heterocycles. The summed E-state index contributed by atoms with van der Waals surface area (Å²) in [5.41, 5.74) is -1.34. The van der Waals surface area contributed by atoms with E-state index in [0.29, 0.717) is 12.8 Å². The van der Waals surface area contributed by atoms with E-state index in [1.54, 1.807) is 18.2 Å². The number of amides is 1. The van der Waals surface area contributed by atoms with Gasteiger partial charge in [-0.05, 0) is 80.2 Å². The van der Waals surface area contributed by atoms with Crippen molar-refractivity contribution in [2.45, 2.75) is 76.9 Å². The number of esters is 1. The SMILES string of the molecule is CC12C=CC(=O)C=C1CCC1C2C(O)CC2(C)C1CCC2(O)C(=O)COC(=O)CCC(=O)NCCc1ccc(O)c(O)c1. The molecular weight excluding hydrogens is 554 g/mol. The van der Waals surface area contributed by atoms with E-state index in [-0.39, 0.29) is 73.2 Å². The molecule has 7 unspecified atom stereocenters. The lowest BCUT2D eigenvalue weighted by molar-refractivity contribution is -0.181. The topological polar surface area (TPSA) is 170 Å². The number of nitrogens with one attached hydrogen (secondary N) is 1. The number of allylic oxidation sites excluding steroid dienone is 4. The Morgan fingerprint density at radius 3 is 2.60 bits per heavy atom. The minimum atomic E-state index is -1.75. The normalized spacial score (nSPS) is 34.4. The summed E-state index contributed by atoms with van der Waals surface area (Å²) in [5, 5.41) is 44.9. The first-order valence-electron chi connectivity index (χ1n) is 15.1. The van der Waals surface area contributed by atoms with Crippen molar-refractivity contribution in [1.29, 1.82) is 0 Å². The van der Waals surface area contributed by atoms with Crippen LogP contribution in [0.3, 0.4) is 0 Å². The van der Waals surface area contributed by atoms with Crippen molar-refractivity contribution in [2.24, 2.45) is 28.6 Å². The summed E-state index contributed by atoms with van der Waals surface area (Å²) in [7, 11) is 0. The summed E-state index contributed by atoms with van der Waals surface area (Å²) < 4.78 is 5.19. The van der Waals surface area contributed by atoms with Crippen LogP contribution < -0.4 is 5.32 Å². The second-order valence-electron chi connectivity index (χ2n) is 13.1. The summed E-state index contributed by atoms with van der Waals surface area (Å²) in [5.74, 6) is -2.27. The first-order valence-corrected chi connectivity index (χ1v) is 15.1. The molecule has 0 spiro atoms. The summed E-state index contributed by atoms with van der Waals surface area (Å²) in [4.78, 5) is 50.0. The van der Waals surface area contributed by atoms with Gasteiger partial charge in [-0.1, -0.05) is 31.6 Å². The first kappa shape index (κ1) is 30.9. The highest BCUT2D eigenvalue weighted by atomic mass is 16.5. The molecule has 7 atom stereocenters. The van der Waals surface area contributed by atoms with E-state index in [2.05, 4.69) is 12.2 Å². The molecule has 4 aliphatic rings. The van der Waals surface area contributed by atoms with Crippen molar-refractivity contribution >= 4 is 23.4 Å². The third-order valence-electron chi connectivity index (χ3n) is 10.8. The van der Waals surface area contributed by atoms with Gasteiger partial charge in [-0.3, -0.25) is 19.2 Å². The Bertz CT molecular complexity index is 1380. The van der Waals surface area contributed by atoms with Gasteiger partial charge in [0.25, 0.3) is 0 Å². The molecule has 5 rings (SSSR count). The monoisotopic (exact) mass is 595 g/mol. The summed E-state index contributed by atoms with van der Waals surface area (Å²) in [6.07, 6.45) is 7.00. The minimum Gasteiger partial charge on any atom is -0.504 e. The van der Waals surface area contributed by atoms with Crippen molar-refractivity contribution in [3.05, 3.63) is 47.6 Å². The number of Topliss-reactive ketones (excluding diaryl/α,β-unsaturated/α-hetero) is 1. The van der Waals surface area contributed by atoms with Gasteiger partial charge in [0.15, 0.2) is 23.9 Å². The maximum atomic E-state index is 13.4. The summed E-state index contributed by atoms with van der Waals surface area (Å²) in [6.45, 7) is 3.59. The Balaban J connectivity index is 1.13. The predicted molar refractivity (Wildman–Crippen MR) is 155 cm³/mol. The molecule has 0 radical (unpaired) electrons. The molecule has 0 saturated heterocycles. The number of aromatic hydroxyl groups is 2. The number of aliphatic hydroxyl groups is 2. The standard InChI is InChI=1S/C33H41NO9/c1-31-12-9-21(35)16-20(31)4-5-22-23-10-13-33(42,32(23,2)17-26(38)30(22)31)27(39)18-43-29(41)8-7-28(40)34-14-11-19-3-6-24(36)25(37)15-19/h3,6,9,12,15-16,22-23,26,30,36-38,42H,4-5,7-8,10-11,13-14,17-18H2,1-2H3,(H,34,40). The number of phenolic OH excluding ortho intramolecular Hbond substituents is 2. The van der Waals surface area contributed by atoms with Crippen molar-refractivity contribution in [1.82, 2.24) is 5.32 Å². The van der Waals surface area contributed by atoms with Gasteiger partial charge < -0.3 is 30.5 Å². The van der Waals surface area contributed by atoms with Crippen molar-refractivity contribution in [2.75, 3.05) is 13.2 Å². The van der Waals surface area contributed by atoms with Crippen LogP contribution in [0.25, 0.3) is 0 Å². The third kappa shape index (κ3) is 5.51. The number of rotatable bonds is 9. The zero-order chi connectivity index (χ0) is 31.2. The molecule has 10 nitrogen and oxygen atoms in total. The van der Waals surface area contributed by atoms with Crippen LogP contribution in [0.15, 0.2) is 42.0 Å². The van der Waals surface area contributed by atoms with Crippen LogP contribution in [0, 0.1) is 28.6 Å². The number of hydrogen-bond donors (Lipinski definition) is 5. The van der Waals surface area contributed by atoms with E-state index in [1.807, 2.05) is 13.0 Å². The Kier molecular flexibility index (Phi) is 8.30. The molecule has 5 N–H and O–H groups in total. The van der Waals surface area contributed by atoms with Gasteiger partial charge in [0, 0.05) is 29.7 Å². The number of phenols is 2. The molecule has 232 valence electrons. The Hall–Kier alpha value is -3.50. The Morgan fingerprint density at radius 2 is 1.86 bits per heavy atom. The molecule has 1 aromatic carbocycles. The number of ketones is 2. The number of hydrogen-bond acceptors (Lipinski definition) is 9. The fraction of sp³-hybridized carbons (Fsp3) is 0.576. The zero-order valence-corrected chi connectivity index (χ0v) is 24.7. The number of fused-ring (bicyclic) bond motifs is 5. The van der Waals surface area contributed by atoms with Crippen LogP contribution in [-0.4, -0.2) is 68.7 Å². The van der Waals surface area contributed by atoms with E-state index >= 15 is 0 Å². The molecule has 0 aliphatic heterocycles. The van der Waals surface area contributed by atoms with Gasteiger partial charge in [-0.25, -0.2) is 0 Å². The Labute approximate surface area is 250 Å². The van der Waals surface area contributed by atoms with Gasteiger partial charge in [0.2, 0.25) is 11.7 Å². The van der Waals surface area contributed by atoms with Crippen LogP contribution in [0.2, 0.25) is 0 Å². The number of ether oxygens (including phenoxy) is 1. The average molecular weight is 596 g/mol. The molecular formula is C33H41NO9. The lowest BCUT2D eigenvalue weighted by atomic mass is 9.46. The summed E-state index contributed by atoms with van der Waals surface area (Å²) in [6, 6.07) is 4.40. The molecule has 4 aliphatic carbocycles. The maximum Gasteiger partial charge on any atom is 0.306 e. The average Bonchev–Trinajstić information content (AvgIpc) is 3.23. The van der Waals surface area contributed by atoms with E-state index in [4.69, 9.17) is 4.74 Å². The molecule has 1 amide bonds. The van der Waals surface area contributed by atoms with E-state index in [1.165, 1.54) is 12.1 Å². The second-order valence-corrected chi connectivity index (χ2v) is 13.1. The fourth-order valence-corrected chi connectivity index (χ4v) is 8.50. The van der Waals surface area contributed by atoms with E-state index < -0.39 is 40.9 Å². The first-order chi connectivity index (χ1) is 20.3. The lowest BCUT2D eigenvalue weighted by Crippen LogP contribution is -2.61. The highest BCUT2D eigenvalue weighted by Crippen LogP contribution is 2.67. The van der Waals surface area contributed by atoms with Gasteiger partial charge in [-0.15, -0.1) is 0 Å². The molecule has 3 fully saturated rings. The van der Waals surface area contributed by atoms with Gasteiger partial charge >= 0.3 is 5.97 Å². The molecule has 1 aromatic rings. The second kappa shape index (κ2) is 11.5. The van der Waals surface area contributed by atoms with Crippen molar-refractivity contribution < 1.29 is 44.3 Å². The number of benzene rings is 1. The lowest BCUT2D eigenvalue weighted by Gasteiger charge is -2.59. The minimum absolute atomic E-state index is 0.0100. The van der Waals surface area contributed by atoms with Crippen LogP contribution in [-0.2, 0) is 30.3 Å².